The van der Waals surface area contributed by atoms with E-state index in [4.69, 9.17) is 0 Å². The Labute approximate surface area is 207 Å². The molecule has 4 heteroatoms. The molecular weight excluding hydrogens is 424 g/mol. The summed E-state index contributed by atoms with van der Waals surface area (Å²) in [6.45, 7) is 14.3. The number of rotatable bonds is 5. The zero-order chi connectivity index (χ0) is 24.8. The molecule has 4 nitrogen and oxygen atoms in total. The molecule has 0 aromatic heterocycles. The van der Waals surface area contributed by atoms with Crippen LogP contribution in [0.25, 0.3) is 0 Å². The molecule has 0 spiro atoms. The minimum atomic E-state index is -0.596. The third-order valence-electron chi connectivity index (χ3n) is 12.8. The Bertz CT molecular complexity index is 823. The first-order chi connectivity index (χ1) is 15.9. The van der Waals surface area contributed by atoms with Gasteiger partial charge in [0.2, 0.25) is 0 Å². The van der Waals surface area contributed by atoms with Gasteiger partial charge in [-0.15, -0.1) is 0 Å². The minimum absolute atomic E-state index is 0.0411. The van der Waals surface area contributed by atoms with Gasteiger partial charge in [-0.2, -0.15) is 0 Å². The molecular formula is C30H50O4. The SMILES string of the molecule is CC(C)C(C)C1(C)CC1C(CO)C1CCC2C3CC=C4CC(O)CC(O)C4(C)C3C(O)CC12C. The number of aliphatic hydroxyl groups excluding tert-OH is 4. The second-order valence-corrected chi connectivity index (χ2v) is 14.3. The molecule has 0 saturated heterocycles. The highest BCUT2D eigenvalue weighted by atomic mass is 16.3. The third kappa shape index (κ3) is 3.37. The fourth-order valence-corrected chi connectivity index (χ4v) is 10.4. The molecule has 13 atom stereocenters. The van der Waals surface area contributed by atoms with Crippen molar-refractivity contribution in [2.24, 2.45) is 63.6 Å². The quantitative estimate of drug-likeness (QED) is 0.432. The van der Waals surface area contributed by atoms with E-state index in [0.29, 0.717) is 59.7 Å². The molecule has 0 radical (unpaired) electrons. The maximum absolute atomic E-state index is 11.7. The molecule has 5 aliphatic rings. The molecule has 5 aliphatic carbocycles. The van der Waals surface area contributed by atoms with Crippen molar-refractivity contribution >= 4 is 0 Å². The van der Waals surface area contributed by atoms with Gasteiger partial charge in [0, 0.05) is 18.4 Å². The molecule has 5 rings (SSSR count). The van der Waals surface area contributed by atoms with Gasteiger partial charge >= 0.3 is 0 Å². The first-order valence-electron chi connectivity index (χ1n) is 14.2. The van der Waals surface area contributed by atoms with Crippen LogP contribution in [-0.4, -0.2) is 45.3 Å². The molecule has 4 fully saturated rings. The minimum Gasteiger partial charge on any atom is -0.396 e. The number of allylic oxidation sites excluding steroid dienone is 1. The Hall–Kier alpha value is -0.420. The molecule has 4 N–H and O–H groups in total. The van der Waals surface area contributed by atoms with Gasteiger partial charge in [0.05, 0.1) is 18.3 Å². The van der Waals surface area contributed by atoms with Crippen LogP contribution in [0.3, 0.4) is 0 Å². The molecule has 0 heterocycles. The number of aliphatic hydroxyl groups is 4. The zero-order valence-electron chi connectivity index (χ0n) is 22.4. The fourth-order valence-electron chi connectivity index (χ4n) is 10.4. The normalized spacial score (nSPS) is 54.0. The van der Waals surface area contributed by atoms with Gasteiger partial charge in [-0.3, -0.25) is 0 Å². The highest BCUT2D eigenvalue weighted by Gasteiger charge is 2.66. The lowest BCUT2D eigenvalue weighted by Gasteiger charge is -2.61. The number of hydrogen-bond acceptors (Lipinski definition) is 4. The average molecular weight is 475 g/mol. The van der Waals surface area contributed by atoms with E-state index in [-0.39, 0.29) is 17.9 Å². The van der Waals surface area contributed by atoms with Crippen molar-refractivity contribution in [3.05, 3.63) is 11.6 Å². The summed E-state index contributed by atoms with van der Waals surface area (Å²) in [6.07, 6.45) is 7.13. The van der Waals surface area contributed by atoms with Crippen LogP contribution in [0.5, 0.6) is 0 Å². The number of fused-ring (bicyclic) bond motifs is 5. The van der Waals surface area contributed by atoms with Crippen LogP contribution < -0.4 is 0 Å². The molecule has 4 saturated carbocycles. The van der Waals surface area contributed by atoms with Crippen molar-refractivity contribution in [2.75, 3.05) is 6.61 Å². The first kappa shape index (κ1) is 25.2. The van der Waals surface area contributed by atoms with Crippen LogP contribution in [-0.2, 0) is 0 Å². The summed E-state index contributed by atoms with van der Waals surface area (Å²) in [6, 6.07) is 0. The molecule has 34 heavy (non-hydrogen) atoms. The average Bonchev–Trinajstić information content (AvgIpc) is 3.32. The van der Waals surface area contributed by atoms with E-state index < -0.39 is 23.7 Å². The number of hydrogen-bond donors (Lipinski definition) is 4. The summed E-state index contributed by atoms with van der Waals surface area (Å²) in [5.41, 5.74) is 1.11. The van der Waals surface area contributed by atoms with Gasteiger partial charge in [-0.05, 0) is 96.7 Å². The van der Waals surface area contributed by atoms with Crippen LogP contribution in [0.15, 0.2) is 11.6 Å². The van der Waals surface area contributed by atoms with E-state index in [2.05, 4.69) is 47.6 Å². The maximum atomic E-state index is 11.7. The van der Waals surface area contributed by atoms with Gasteiger partial charge < -0.3 is 20.4 Å². The van der Waals surface area contributed by atoms with Crippen LogP contribution in [0.2, 0.25) is 0 Å². The predicted octanol–water partition coefficient (Wildman–Crippen LogP) is 4.79. The van der Waals surface area contributed by atoms with E-state index in [1.165, 1.54) is 18.4 Å². The predicted molar refractivity (Wildman–Crippen MR) is 135 cm³/mol. The van der Waals surface area contributed by atoms with E-state index in [0.717, 1.165) is 19.3 Å². The molecule has 0 bridgehead atoms. The van der Waals surface area contributed by atoms with Crippen LogP contribution >= 0.6 is 0 Å². The standard InChI is InChI=1S/C30H50O4/c1-16(2)17(3)28(4)13-24(28)21(15-31)23-10-9-22-20-8-7-18-11-19(32)12-26(34)30(18,6)27(20)25(33)14-29(22,23)5/h7,16-17,19-27,31-34H,8-15H2,1-6H3. The lowest BCUT2D eigenvalue weighted by molar-refractivity contribution is -0.161. The highest BCUT2D eigenvalue weighted by molar-refractivity contribution is 5.29. The zero-order valence-corrected chi connectivity index (χ0v) is 22.4. The summed E-state index contributed by atoms with van der Waals surface area (Å²) in [4.78, 5) is 0. The topological polar surface area (TPSA) is 80.9 Å². The summed E-state index contributed by atoms with van der Waals surface area (Å²) < 4.78 is 0. The van der Waals surface area contributed by atoms with E-state index in [1.807, 2.05) is 0 Å². The summed E-state index contributed by atoms with van der Waals surface area (Å²) >= 11 is 0. The Morgan fingerprint density at radius 3 is 2.35 bits per heavy atom. The van der Waals surface area contributed by atoms with Crippen molar-refractivity contribution in [2.45, 2.75) is 105 Å². The Morgan fingerprint density at radius 2 is 1.71 bits per heavy atom. The molecule has 0 aliphatic heterocycles. The first-order valence-corrected chi connectivity index (χ1v) is 14.2. The molecule has 13 unspecified atom stereocenters. The van der Waals surface area contributed by atoms with Gasteiger partial charge in [0.1, 0.15) is 0 Å². The van der Waals surface area contributed by atoms with E-state index >= 15 is 0 Å². The van der Waals surface area contributed by atoms with Crippen molar-refractivity contribution in [1.29, 1.82) is 0 Å². The van der Waals surface area contributed by atoms with Gasteiger partial charge in [0.25, 0.3) is 0 Å². The lowest BCUT2D eigenvalue weighted by atomic mass is 9.45. The summed E-state index contributed by atoms with van der Waals surface area (Å²) in [7, 11) is 0. The van der Waals surface area contributed by atoms with Gasteiger partial charge in [-0.1, -0.05) is 53.2 Å². The molecule has 194 valence electrons. The van der Waals surface area contributed by atoms with E-state index in [1.54, 1.807) is 0 Å². The second kappa shape index (κ2) is 8.30. The van der Waals surface area contributed by atoms with E-state index in [9.17, 15) is 20.4 Å². The second-order valence-electron chi connectivity index (χ2n) is 14.3. The van der Waals surface area contributed by atoms with Gasteiger partial charge in [0.15, 0.2) is 0 Å². The lowest BCUT2D eigenvalue weighted by Crippen LogP contribution is -2.60. The molecule has 0 amide bonds. The third-order valence-corrected chi connectivity index (χ3v) is 12.8. The fraction of sp³-hybridized carbons (Fsp3) is 0.933. The molecule has 0 aromatic carbocycles. The van der Waals surface area contributed by atoms with Crippen LogP contribution in [0, 0.1) is 63.6 Å². The largest absolute Gasteiger partial charge is 0.396 e. The monoisotopic (exact) mass is 474 g/mol. The summed E-state index contributed by atoms with van der Waals surface area (Å²) in [5, 5.41) is 43.9. The Kier molecular flexibility index (Phi) is 6.16. The van der Waals surface area contributed by atoms with Gasteiger partial charge in [-0.25, -0.2) is 0 Å². The van der Waals surface area contributed by atoms with Crippen molar-refractivity contribution < 1.29 is 20.4 Å². The van der Waals surface area contributed by atoms with Crippen molar-refractivity contribution in [3.63, 3.8) is 0 Å². The highest BCUT2D eigenvalue weighted by Crippen LogP contribution is 2.71. The summed E-state index contributed by atoms with van der Waals surface area (Å²) in [5.74, 6) is 3.64. The van der Waals surface area contributed by atoms with Crippen molar-refractivity contribution in [1.82, 2.24) is 0 Å². The smallest absolute Gasteiger partial charge is 0.0659 e. The Balaban J connectivity index is 1.43. The maximum Gasteiger partial charge on any atom is 0.0659 e. The van der Waals surface area contributed by atoms with Crippen LogP contribution in [0.4, 0.5) is 0 Å². The van der Waals surface area contributed by atoms with Crippen molar-refractivity contribution in [3.8, 4) is 0 Å². The Morgan fingerprint density at radius 1 is 1.00 bits per heavy atom. The van der Waals surface area contributed by atoms with Crippen LogP contribution in [0.1, 0.15) is 86.5 Å². The molecule has 0 aromatic rings.